The third kappa shape index (κ3) is 234. The maximum atomic E-state index is 8.89. The van der Waals surface area contributed by atoms with Gasteiger partial charge in [0.05, 0.1) is 6.92 Å². The molecule has 0 amide bonds. The molecule has 0 saturated carbocycles. The number of carboxylic acids is 1. The minimum Gasteiger partial charge on any atom is -0.481 e. The Kier molecular flexibility index (Phi) is 12.6. The van der Waals surface area contributed by atoms with E-state index >= 15 is 0 Å². The molecule has 0 aromatic rings. The molecule has 2 nitrogen and oxygen atoms in total. The fourth-order valence-corrected chi connectivity index (χ4v) is 0. The Labute approximate surface area is 44.2 Å². The molecule has 43 valence electrons. The fourth-order valence-electron chi connectivity index (χ4n) is 0. The van der Waals surface area contributed by atoms with Gasteiger partial charge in [-0.25, -0.2) is 0 Å². The third-order valence-electron chi connectivity index (χ3n) is 0. The van der Waals surface area contributed by atoms with Gasteiger partial charge < -0.3 is 5.11 Å². The number of hydrogen-bond donors (Lipinski definition) is 1. The number of rotatable bonds is 0. The molecule has 0 aromatic heterocycles. The van der Waals surface area contributed by atoms with Crippen LogP contribution in [0.5, 0.6) is 0 Å². The van der Waals surface area contributed by atoms with Crippen molar-refractivity contribution in [2.24, 2.45) is 0 Å². The van der Waals surface area contributed by atoms with Crippen LogP contribution in [-0.2, 0) is 4.79 Å². The summed E-state index contributed by atoms with van der Waals surface area (Å²) in [4.78, 5) is 8.89. The quantitative estimate of drug-likeness (QED) is 0.502. The van der Waals surface area contributed by atoms with Crippen molar-refractivity contribution in [3.63, 3.8) is 0 Å². The summed E-state index contributed by atoms with van der Waals surface area (Å²) in [5.74, 6) is -1.08. The van der Waals surface area contributed by atoms with Gasteiger partial charge in [-0.1, -0.05) is 20.3 Å². The van der Waals surface area contributed by atoms with Crippen LogP contribution in [0.15, 0.2) is 0 Å². The highest BCUT2D eigenvalue weighted by Crippen LogP contribution is 1.56. The summed E-state index contributed by atoms with van der Waals surface area (Å²) in [6.45, 7) is 6.81. The second kappa shape index (κ2) is 9.08. The lowest BCUT2D eigenvalue weighted by Gasteiger charge is -1.58. The van der Waals surface area contributed by atoms with E-state index in [-0.39, 0.29) is 0 Å². The van der Waals surface area contributed by atoms with E-state index in [0.717, 1.165) is 0 Å². The highest BCUT2D eigenvalue weighted by atomic mass is 16.4. The Hall–Kier alpha value is -0.530. The van der Waals surface area contributed by atoms with Gasteiger partial charge in [-0.3, -0.25) is 4.79 Å². The first-order chi connectivity index (χ1) is 3.15. The Morgan fingerprint density at radius 2 is 1.71 bits per heavy atom. The second-order valence-electron chi connectivity index (χ2n) is 1.10. The van der Waals surface area contributed by atoms with Crippen molar-refractivity contribution in [2.45, 2.75) is 20.3 Å². The number of carboxylic acid groups (broad SMARTS) is 1. The van der Waals surface area contributed by atoms with Gasteiger partial charge in [0.15, 0.2) is 0 Å². The van der Waals surface area contributed by atoms with Crippen LogP contribution in [0.25, 0.3) is 0 Å². The topological polar surface area (TPSA) is 37.3 Å². The van der Waals surface area contributed by atoms with E-state index in [4.69, 9.17) is 9.90 Å². The minimum absolute atomic E-state index is 1.08. The smallest absolute Gasteiger partial charge is 0.303 e. The molecular weight excluding hydrogens is 92.1 g/mol. The van der Waals surface area contributed by atoms with E-state index in [2.05, 4.69) is 20.8 Å². The Morgan fingerprint density at radius 1 is 1.71 bits per heavy atom. The SMILES string of the molecule is CCC.[CH2]C(=O)O. The lowest BCUT2D eigenvalue weighted by atomic mass is 10.6. The monoisotopic (exact) mass is 103 g/mol. The van der Waals surface area contributed by atoms with Crippen molar-refractivity contribution >= 4 is 5.97 Å². The van der Waals surface area contributed by atoms with Crippen molar-refractivity contribution in [3.8, 4) is 0 Å². The Bertz CT molecular complexity index is 37.3. The lowest BCUT2D eigenvalue weighted by Crippen LogP contribution is -1.79. The van der Waals surface area contributed by atoms with Crippen LogP contribution in [0.1, 0.15) is 20.3 Å². The molecule has 0 rings (SSSR count). The lowest BCUT2D eigenvalue weighted by molar-refractivity contribution is -0.131. The van der Waals surface area contributed by atoms with Gasteiger partial charge in [0.1, 0.15) is 0 Å². The van der Waals surface area contributed by atoms with Gasteiger partial charge in [0.25, 0.3) is 0 Å². The molecular formula is C5H11O2. The van der Waals surface area contributed by atoms with E-state index in [0.29, 0.717) is 0 Å². The minimum atomic E-state index is -1.08. The summed E-state index contributed by atoms with van der Waals surface area (Å²) in [6.07, 6.45) is 1.25. The van der Waals surface area contributed by atoms with Crippen molar-refractivity contribution in [1.29, 1.82) is 0 Å². The van der Waals surface area contributed by atoms with Crippen molar-refractivity contribution in [3.05, 3.63) is 6.92 Å². The van der Waals surface area contributed by atoms with Crippen LogP contribution >= 0.6 is 0 Å². The van der Waals surface area contributed by atoms with Crippen LogP contribution < -0.4 is 0 Å². The summed E-state index contributed by atoms with van der Waals surface area (Å²) in [5, 5.41) is 7.31. The first-order valence-electron chi connectivity index (χ1n) is 2.20. The molecule has 0 unspecified atom stereocenters. The van der Waals surface area contributed by atoms with Crippen LogP contribution in [0.3, 0.4) is 0 Å². The van der Waals surface area contributed by atoms with E-state index in [1.165, 1.54) is 6.42 Å². The summed E-state index contributed by atoms with van der Waals surface area (Å²) in [6, 6.07) is 0. The van der Waals surface area contributed by atoms with Crippen LogP contribution in [0.2, 0.25) is 0 Å². The first kappa shape index (κ1) is 9.69. The van der Waals surface area contributed by atoms with Gasteiger partial charge in [0.2, 0.25) is 0 Å². The molecule has 0 spiro atoms. The number of hydrogen-bond acceptors (Lipinski definition) is 1. The molecule has 0 bridgehead atoms. The third-order valence-corrected chi connectivity index (χ3v) is 0. The molecule has 0 saturated heterocycles. The van der Waals surface area contributed by atoms with E-state index < -0.39 is 5.97 Å². The van der Waals surface area contributed by atoms with Gasteiger partial charge in [-0.2, -0.15) is 0 Å². The summed E-state index contributed by atoms with van der Waals surface area (Å²) < 4.78 is 0. The van der Waals surface area contributed by atoms with E-state index in [1.54, 1.807) is 0 Å². The zero-order valence-electron chi connectivity index (χ0n) is 4.77. The van der Waals surface area contributed by atoms with Crippen LogP contribution in [0, 0.1) is 6.92 Å². The predicted octanol–water partition coefficient (Wildman–Crippen LogP) is 1.32. The molecule has 7 heavy (non-hydrogen) atoms. The molecule has 1 N–H and O–H groups in total. The average molecular weight is 103 g/mol. The van der Waals surface area contributed by atoms with Crippen LogP contribution in [0.4, 0.5) is 0 Å². The van der Waals surface area contributed by atoms with Crippen molar-refractivity contribution in [2.75, 3.05) is 0 Å². The van der Waals surface area contributed by atoms with Crippen LogP contribution in [-0.4, -0.2) is 11.1 Å². The zero-order valence-corrected chi connectivity index (χ0v) is 4.77. The molecule has 0 aliphatic rings. The average Bonchev–Trinajstić information content (AvgIpc) is 1.33. The highest BCUT2D eigenvalue weighted by molar-refractivity contribution is 5.71. The summed E-state index contributed by atoms with van der Waals surface area (Å²) in [7, 11) is 0. The molecule has 0 aliphatic heterocycles. The normalized spacial score (nSPS) is 6.14. The number of aliphatic carboxylic acids is 1. The first-order valence-corrected chi connectivity index (χ1v) is 2.20. The second-order valence-corrected chi connectivity index (χ2v) is 1.10. The molecule has 0 atom stereocenters. The fraction of sp³-hybridized carbons (Fsp3) is 0.600. The zero-order chi connectivity index (χ0) is 6.28. The summed E-state index contributed by atoms with van der Waals surface area (Å²) >= 11 is 0. The summed E-state index contributed by atoms with van der Waals surface area (Å²) in [5.41, 5.74) is 0. The maximum Gasteiger partial charge on any atom is 0.303 e. The number of carbonyl (C=O) groups is 1. The Morgan fingerprint density at radius 3 is 1.71 bits per heavy atom. The molecule has 1 radical (unpaired) electrons. The molecule has 0 aliphatic carbocycles. The molecule has 0 fully saturated rings. The van der Waals surface area contributed by atoms with Crippen molar-refractivity contribution < 1.29 is 9.90 Å². The Balaban J connectivity index is 0. The largest absolute Gasteiger partial charge is 0.481 e. The van der Waals surface area contributed by atoms with Crippen molar-refractivity contribution in [1.82, 2.24) is 0 Å². The molecule has 0 heterocycles. The van der Waals surface area contributed by atoms with Gasteiger partial charge in [-0.05, 0) is 0 Å². The van der Waals surface area contributed by atoms with Gasteiger partial charge in [-0.15, -0.1) is 0 Å². The van der Waals surface area contributed by atoms with E-state index in [1.807, 2.05) is 0 Å². The van der Waals surface area contributed by atoms with E-state index in [9.17, 15) is 0 Å². The standard InChI is InChI=1S/C3H8.C2H3O2/c1-3-2;1-2(3)4/h3H2,1-2H3;1H2,(H,3,4). The van der Waals surface area contributed by atoms with Gasteiger partial charge in [0, 0.05) is 0 Å². The predicted molar refractivity (Wildman–Crippen MR) is 29.0 cm³/mol. The maximum absolute atomic E-state index is 8.89. The molecule has 0 aromatic carbocycles. The van der Waals surface area contributed by atoms with Gasteiger partial charge >= 0.3 is 5.97 Å². The highest BCUT2D eigenvalue weighted by Gasteiger charge is 1.66. The molecule has 2 heteroatoms.